The van der Waals surface area contributed by atoms with E-state index in [1.807, 2.05) is 47.1 Å². The molecule has 0 amide bonds. The summed E-state index contributed by atoms with van der Waals surface area (Å²) < 4.78 is 1.83. The van der Waals surface area contributed by atoms with Crippen molar-refractivity contribution in [3.8, 4) is 0 Å². The van der Waals surface area contributed by atoms with Crippen molar-refractivity contribution in [3.63, 3.8) is 0 Å². The molecular formula is C18H17ClN5S+. The summed E-state index contributed by atoms with van der Waals surface area (Å²) in [6, 6.07) is 18.0. The molecule has 0 fully saturated rings. The molecule has 2 aromatic carbocycles. The number of nitrogens with zero attached hydrogens (tertiary/aromatic N) is 4. The molecule has 1 atom stereocenters. The van der Waals surface area contributed by atoms with Gasteiger partial charge in [0.25, 0.3) is 0 Å². The van der Waals surface area contributed by atoms with E-state index < -0.39 is 0 Å². The summed E-state index contributed by atoms with van der Waals surface area (Å²) in [4.78, 5) is 0. The highest BCUT2D eigenvalue weighted by atomic mass is 35.5. The Kier molecular flexibility index (Phi) is 4.57. The number of rotatable bonds is 4. The molecule has 4 rings (SSSR count). The summed E-state index contributed by atoms with van der Waals surface area (Å²) >= 11 is 7.62. The number of hydrogen-bond donors (Lipinski definition) is 1. The Morgan fingerprint density at radius 1 is 1.08 bits per heavy atom. The van der Waals surface area contributed by atoms with Gasteiger partial charge in [-0.1, -0.05) is 65.8 Å². The first-order chi connectivity index (χ1) is 12.2. The van der Waals surface area contributed by atoms with Crippen LogP contribution in [0.1, 0.15) is 23.0 Å². The maximum atomic E-state index is 5.98. The lowest BCUT2D eigenvalue weighted by atomic mass is 10.1. The van der Waals surface area contributed by atoms with Crippen molar-refractivity contribution in [1.29, 1.82) is 0 Å². The topological polar surface area (TPSA) is 70.7 Å². The van der Waals surface area contributed by atoms with Gasteiger partial charge in [-0.05, 0) is 23.3 Å². The van der Waals surface area contributed by atoms with Gasteiger partial charge in [0.05, 0.1) is 5.71 Å². The molecule has 0 unspecified atom stereocenters. The fraction of sp³-hybridized carbons (Fsp3) is 0.167. The maximum Gasteiger partial charge on any atom is 0.213 e. The molecule has 7 heteroatoms. The minimum atomic E-state index is -0.0161. The standard InChI is InChI=1S/C18H16ClN5S/c19-14-8-6-13(7-9-14)16-11-25-18-22-21-17(24(18)23-16)15(20)10-12-4-2-1-3-5-12/h1-9,15H,10-11,20H2/p+1/t15-/m0/s1. The summed E-state index contributed by atoms with van der Waals surface area (Å²) in [7, 11) is 0. The first-order valence-corrected chi connectivity index (χ1v) is 9.36. The Morgan fingerprint density at radius 2 is 1.84 bits per heavy atom. The Balaban J connectivity index is 1.63. The number of thioether (sulfide) groups is 1. The van der Waals surface area contributed by atoms with Crippen LogP contribution in [0.4, 0.5) is 0 Å². The van der Waals surface area contributed by atoms with Crippen LogP contribution in [-0.2, 0) is 6.42 Å². The van der Waals surface area contributed by atoms with Crippen molar-refractivity contribution < 1.29 is 5.73 Å². The third-order valence-electron chi connectivity index (χ3n) is 4.06. The van der Waals surface area contributed by atoms with E-state index in [1.54, 1.807) is 11.8 Å². The summed E-state index contributed by atoms with van der Waals surface area (Å²) in [6.07, 6.45) is 0.801. The van der Waals surface area contributed by atoms with Gasteiger partial charge in [-0.2, -0.15) is 9.78 Å². The van der Waals surface area contributed by atoms with E-state index in [-0.39, 0.29) is 6.04 Å². The highest BCUT2D eigenvalue weighted by Crippen LogP contribution is 2.26. The maximum absolute atomic E-state index is 5.98. The number of aromatic nitrogens is 3. The lowest BCUT2D eigenvalue weighted by Crippen LogP contribution is -2.55. The van der Waals surface area contributed by atoms with Gasteiger partial charge in [0, 0.05) is 17.2 Å². The van der Waals surface area contributed by atoms with Crippen LogP contribution in [0.15, 0.2) is 64.9 Å². The first kappa shape index (κ1) is 16.3. The van der Waals surface area contributed by atoms with Crippen molar-refractivity contribution in [2.45, 2.75) is 17.6 Å². The number of hydrogen-bond acceptors (Lipinski definition) is 4. The molecule has 0 saturated heterocycles. The molecule has 1 aromatic heterocycles. The Labute approximate surface area is 154 Å². The molecule has 0 aliphatic carbocycles. The van der Waals surface area contributed by atoms with Gasteiger partial charge in [0.15, 0.2) is 6.04 Å². The molecule has 0 saturated carbocycles. The van der Waals surface area contributed by atoms with Gasteiger partial charge >= 0.3 is 0 Å². The largest absolute Gasteiger partial charge is 0.348 e. The van der Waals surface area contributed by atoms with Crippen LogP contribution in [0, 0.1) is 0 Å². The van der Waals surface area contributed by atoms with Gasteiger partial charge in [0.2, 0.25) is 11.0 Å². The smallest absolute Gasteiger partial charge is 0.213 e. The first-order valence-electron chi connectivity index (χ1n) is 7.99. The SMILES string of the molecule is [NH3+][C@@H](Cc1ccccc1)c1nnc2n1N=C(c1ccc(Cl)cc1)CS2. The molecule has 0 spiro atoms. The molecule has 25 heavy (non-hydrogen) atoms. The van der Waals surface area contributed by atoms with Gasteiger partial charge in [-0.15, -0.1) is 10.2 Å². The monoisotopic (exact) mass is 370 g/mol. The molecular weight excluding hydrogens is 354 g/mol. The van der Waals surface area contributed by atoms with Crippen LogP contribution < -0.4 is 5.73 Å². The zero-order valence-corrected chi connectivity index (χ0v) is 15.0. The second-order valence-corrected chi connectivity index (χ2v) is 7.26. The fourth-order valence-corrected chi connectivity index (χ4v) is 3.74. The molecule has 0 bridgehead atoms. The predicted octanol–water partition coefficient (Wildman–Crippen LogP) is 2.82. The van der Waals surface area contributed by atoms with E-state index in [0.717, 1.165) is 39.5 Å². The minimum Gasteiger partial charge on any atom is -0.348 e. The third-order valence-corrected chi connectivity index (χ3v) is 5.24. The van der Waals surface area contributed by atoms with Crippen LogP contribution in [-0.4, -0.2) is 26.3 Å². The van der Waals surface area contributed by atoms with Crippen molar-refractivity contribution in [2.75, 3.05) is 5.75 Å². The lowest BCUT2D eigenvalue weighted by Gasteiger charge is -2.15. The molecule has 1 aliphatic rings. The van der Waals surface area contributed by atoms with Gasteiger partial charge < -0.3 is 5.73 Å². The van der Waals surface area contributed by atoms with E-state index in [9.17, 15) is 0 Å². The average molecular weight is 371 g/mol. The molecule has 0 radical (unpaired) electrons. The zero-order valence-electron chi connectivity index (χ0n) is 13.5. The van der Waals surface area contributed by atoms with Crippen molar-refractivity contribution in [1.82, 2.24) is 14.9 Å². The minimum absolute atomic E-state index is 0.0161. The molecule has 126 valence electrons. The summed E-state index contributed by atoms with van der Waals surface area (Å²) in [5.74, 6) is 1.55. The number of quaternary nitrogens is 1. The van der Waals surface area contributed by atoms with Gasteiger partial charge in [0.1, 0.15) is 0 Å². The van der Waals surface area contributed by atoms with Crippen molar-refractivity contribution >= 4 is 29.1 Å². The summed E-state index contributed by atoms with van der Waals surface area (Å²) in [6.45, 7) is 0. The Morgan fingerprint density at radius 3 is 2.60 bits per heavy atom. The fourth-order valence-electron chi connectivity index (χ4n) is 2.77. The molecule has 5 nitrogen and oxygen atoms in total. The number of benzene rings is 2. The van der Waals surface area contributed by atoms with Crippen LogP contribution in [0.2, 0.25) is 5.02 Å². The van der Waals surface area contributed by atoms with E-state index in [1.165, 1.54) is 5.56 Å². The number of halogens is 1. The van der Waals surface area contributed by atoms with Crippen LogP contribution in [0.25, 0.3) is 0 Å². The molecule has 2 heterocycles. The number of fused-ring (bicyclic) bond motifs is 1. The summed E-state index contributed by atoms with van der Waals surface area (Å²) in [5.41, 5.74) is 7.55. The third kappa shape index (κ3) is 3.46. The predicted molar refractivity (Wildman–Crippen MR) is 99.9 cm³/mol. The second-order valence-electron chi connectivity index (χ2n) is 5.88. The zero-order chi connectivity index (χ0) is 17.2. The molecule has 1 aliphatic heterocycles. The Bertz CT molecular complexity index is 905. The van der Waals surface area contributed by atoms with E-state index in [4.69, 9.17) is 16.7 Å². The van der Waals surface area contributed by atoms with E-state index >= 15 is 0 Å². The van der Waals surface area contributed by atoms with Crippen molar-refractivity contribution in [2.24, 2.45) is 5.10 Å². The van der Waals surface area contributed by atoms with Gasteiger partial charge in [-0.3, -0.25) is 0 Å². The highest BCUT2D eigenvalue weighted by Gasteiger charge is 2.25. The quantitative estimate of drug-likeness (QED) is 0.767. The average Bonchev–Trinajstić information content (AvgIpc) is 3.06. The van der Waals surface area contributed by atoms with Crippen molar-refractivity contribution in [3.05, 3.63) is 76.6 Å². The Hall–Kier alpha value is -2.15. The summed E-state index contributed by atoms with van der Waals surface area (Å²) in [5, 5.41) is 14.9. The van der Waals surface area contributed by atoms with E-state index in [2.05, 4.69) is 28.1 Å². The van der Waals surface area contributed by atoms with Gasteiger partial charge in [-0.25, -0.2) is 0 Å². The normalized spacial score (nSPS) is 14.7. The molecule has 3 aromatic rings. The lowest BCUT2D eigenvalue weighted by molar-refractivity contribution is -0.428. The van der Waals surface area contributed by atoms with Crippen LogP contribution >= 0.6 is 23.4 Å². The van der Waals surface area contributed by atoms with Crippen LogP contribution in [0.3, 0.4) is 0 Å². The van der Waals surface area contributed by atoms with E-state index in [0.29, 0.717) is 0 Å². The highest BCUT2D eigenvalue weighted by molar-refractivity contribution is 7.99. The molecule has 3 N–H and O–H groups in total. The van der Waals surface area contributed by atoms with Crippen LogP contribution in [0.5, 0.6) is 0 Å². The second kappa shape index (κ2) is 7.00.